The molecule has 0 saturated carbocycles. The molecule has 1 atom stereocenters. The topological polar surface area (TPSA) is 12.0 Å². The highest BCUT2D eigenvalue weighted by atomic mass is 35.5. The van der Waals surface area contributed by atoms with Crippen molar-refractivity contribution in [2.24, 2.45) is 5.92 Å². The number of benzene rings is 1. The van der Waals surface area contributed by atoms with E-state index >= 15 is 0 Å². The van der Waals surface area contributed by atoms with Crippen LogP contribution < -0.4 is 5.32 Å². The summed E-state index contributed by atoms with van der Waals surface area (Å²) in [6.45, 7) is 4.60. The number of rotatable bonds is 5. The second-order valence-corrected chi connectivity index (χ2v) is 4.90. The van der Waals surface area contributed by atoms with Gasteiger partial charge in [0.1, 0.15) is 0 Å². The second kappa shape index (κ2) is 6.32. The molecular weight excluding hydrogens is 263 g/mol. The Hall–Kier alpha value is -0.900. The van der Waals surface area contributed by atoms with Gasteiger partial charge < -0.3 is 5.32 Å². The van der Waals surface area contributed by atoms with Crippen LogP contribution in [0.5, 0.6) is 0 Å². The lowest BCUT2D eigenvalue weighted by Gasteiger charge is -2.17. The molecule has 5 heteroatoms. The summed E-state index contributed by atoms with van der Waals surface area (Å²) in [5.41, 5.74) is -0.617. The van der Waals surface area contributed by atoms with E-state index in [1.165, 1.54) is 12.1 Å². The molecule has 1 nitrogen and oxygen atoms in total. The minimum absolute atomic E-state index is 0.0921. The lowest BCUT2D eigenvalue weighted by Crippen LogP contribution is -2.15. The van der Waals surface area contributed by atoms with Crippen molar-refractivity contribution in [2.75, 3.05) is 11.9 Å². The van der Waals surface area contributed by atoms with Crippen LogP contribution in [0.25, 0.3) is 0 Å². The molecule has 0 fully saturated rings. The van der Waals surface area contributed by atoms with Crippen molar-refractivity contribution in [1.29, 1.82) is 0 Å². The molecule has 0 heterocycles. The van der Waals surface area contributed by atoms with Gasteiger partial charge in [0.2, 0.25) is 0 Å². The molecular formula is C13H17ClF3N. The van der Waals surface area contributed by atoms with Crippen molar-refractivity contribution >= 4 is 17.3 Å². The van der Waals surface area contributed by atoms with E-state index in [0.29, 0.717) is 12.5 Å². The van der Waals surface area contributed by atoms with Crippen LogP contribution in [0.4, 0.5) is 18.9 Å². The summed E-state index contributed by atoms with van der Waals surface area (Å²) in [5, 5.41) is 2.95. The van der Waals surface area contributed by atoms with Gasteiger partial charge >= 0.3 is 6.18 Å². The fraction of sp³-hybridized carbons (Fsp3) is 0.538. The number of halogens is 4. The maximum atomic E-state index is 12.8. The molecule has 1 aromatic carbocycles. The third-order valence-electron chi connectivity index (χ3n) is 2.71. The van der Waals surface area contributed by atoms with Crippen LogP contribution in [0.1, 0.15) is 32.3 Å². The van der Waals surface area contributed by atoms with Crippen LogP contribution >= 0.6 is 11.6 Å². The van der Waals surface area contributed by atoms with E-state index in [0.717, 1.165) is 18.9 Å². The minimum Gasteiger partial charge on any atom is -0.384 e. The summed E-state index contributed by atoms with van der Waals surface area (Å²) < 4.78 is 38.4. The Morgan fingerprint density at radius 2 is 2.00 bits per heavy atom. The fourth-order valence-corrected chi connectivity index (χ4v) is 1.96. The molecule has 0 saturated heterocycles. The highest BCUT2D eigenvalue weighted by molar-refractivity contribution is 6.30. The Morgan fingerprint density at radius 3 is 2.56 bits per heavy atom. The molecule has 0 aliphatic carbocycles. The SMILES string of the molecule is CCCC(C)CNc1ccc(Cl)cc1C(F)(F)F. The summed E-state index contributed by atoms with van der Waals surface area (Å²) >= 11 is 5.61. The van der Waals surface area contributed by atoms with Gasteiger partial charge in [0, 0.05) is 17.3 Å². The molecule has 102 valence electrons. The van der Waals surface area contributed by atoms with Gasteiger partial charge in [-0.15, -0.1) is 0 Å². The molecule has 0 aromatic heterocycles. The Labute approximate surface area is 110 Å². The molecule has 1 unspecified atom stereocenters. The van der Waals surface area contributed by atoms with Crippen LogP contribution in [-0.2, 0) is 6.18 Å². The van der Waals surface area contributed by atoms with E-state index in [-0.39, 0.29) is 10.7 Å². The Kier molecular flexibility index (Phi) is 5.32. The van der Waals surface area contributed by atoms with Crippen molar-refractivity contribution in [2.45, 2.75) is 32.9 Å². The molecule has 0 aliphatic heterocycles. The summed E-state index contributed by atoms with van der Waals surface area (Å²) in [5.74, 6) is 0.340. The Balaban J connectivity index is 2.82. The van der Waals surface area contributed by atoms with E-state index in [1.54, 1.807) is 0 Å². The predicted octanol–water partition coefficient (Wildman–Crippen LogP) is 5.21. The standard InChI is InChI=1S/C13H17ClF3N/c1-3-4-9(2)8-18-12-6-5-10(14)7-11(12)13(15,16)17/h5-7,9,18H,3-4,8H2,1-2H3. The first kappa shape index (κ1) is 15.2. The first-order valence-corrected chi connectivity index (χ1v) is 6.33. The predicted molar refractivity (Wildman–Crippen MR) is 69.0 cm³/mol. The number of hydrogen-bond donors (Lipinski definition) is 1. The quantitative estimate of drug-likeness (QED) is 0.780. The molecule has 18 heavy (non-hydrogen) atoms. The molecule has 1 rings (SSSR count). The maximum Gasteiger partial charge on any atom is 0.418 e. The average molecular weight is 280 g/mol. The van der Waals surface area contributed by atoms with Crippen LogP contribution in [0.15, 0.2) is 18.2 Å². The van der Waals surface area contributed by atoms with Gasteiger partial charge in [0.15, 0.2) is 0 Å². The smallest absolute Gasteiger partial charge is 0.384 e. The fourth-order valence-electron chi connectivity index (χ4n) is 1.78. The van der Waals surface area contributed by atoms with Gasteiger partial charge in [-0.3, -0.25) is 0 Å². The van der Waals surface area contributed by atoms with Crippen molar-refractivity contribution in [1.82, 2.24) is 0 Å². The normalized spacial score (nSPS) is 13.4. The minimum atomic E-state index is -4.39. The number of anilines is 1. The van der Waals surface area contributed by atoms with Crippen molar-refractivity contribution in [3.05, 3.63) is 28.8 Å². The zero-order valence-corrected chi connectivity index (χ0v) is 11.2. The van der Waals surface area contributed by atoms with E-state index in [9.17, 15) is 13.2 Å². The van der Waals surface area contributed by atoms with Crippen molar-refractivity contribution < 1.29 is 13.2 Å². The van der Waals surface area contributed by atoms with Gasteiger partial charge in [-0.25, -0.2) is 0 Å². The maximum absolute atomic E-state index is 12.8. The van der Waals surface area contributed by atoms with E-state index in [1.807, 2.05) is 6.92 Å². The zero-order valence-electron chi connectivity index (χ0n) is 10.4. The average Bonchev–Trinajstić information content (AvgIpc) is 2.26. The van der Waals surface area contributed by atoms with Gasteiger partial charge in [-0.05, 0) is 30.5 Å². The van der Waals surface area contributed by atoms with Crippen LogP contribution in [0.2, 0.25) is 5.02 Å². The lowest BCUT2D eigenvalue weighted by molar-refractivity contribution is -0.136. The van der Waals surface area contributed by atoms with Crippen LogP contribution in [0.3, 0.4) is 0 Å². The monoisotopic (exact) mass is 279 g/mol. The largest absolute Gasteiger partial charge is 0.418 e. The van der Waals surface area contributed by atoms with Gasteiger partial charge in [0.25, 0.3) is 0 Å². The third-order valence-corrected chi connectivity index (χ3v) is 2.94. The molecule has 0 radical (unpaired) electrons. The summed E-state index contributed by atoms with van der Waals surface area (Å²) in [6.07, 6.45) is -2.38. The summed E-state index contributed by atoms with van der Waals surface area (Å²) in [6, 6.07) is 3.79. The molecule has 0 spiro atoms. The molecule has 0 bridgehead atoms. The zero-order chi connectivity index (χ0) is 13.8. The Morgan fingerprint density at radius 1 is 1.33 bits per heavy atom. The molecule has 0 aliphatic rings. The molecule has 1 aromatic rings. The third kappa shape index (κ3) is 4.41. The molecule has 1 N–H and O–H groups in total. The van der Waals surface area contributed by atoms with Crippen LogP contribution in [-0.4, -0.2) is 6.54 Å². The van der Waals surface area contributed by atoms with Crippen molar-refractivity contribution in [3.8, 4) is 0 Å². The van der Waals surface area contributed by atoms with E-state index in [4.69, 9.17) is 11.6 Å². The highest BCUT2D eigenvalue weighted by Crippen LogP contribution is 2.36. The molecule has 0 amide bonds. The number of hydrogen-bond acceptors (Lipinski definition) is 1. The van der Waals surface area contributed by atoms with Gasteiger partial charge in [0.05, 0.1) is 5.56 Å². The summed E-state index contributed by atoms with van der Waals surface area (Å²) in [7, 11) is 0. The first-order chi connectivity index (χ1) is 8.34. The van der Waals surface area contributed by atoms with Gasteiger partial charge in [-0.1, -0.05) is 31.9 Å². The number of nitrogens with one attached hydrogen (secondary N) is 1. The number of alkyl halides is 3. The summed E-state index contributed by atoms with van der Waals surface area (Å²) in [4.78, 5) is 0. The van der Waals surface area contributed by atoms with E-state index < -0.39 is 11.7 Å². The first-order valence-electron chi connectivity index (χ1n) is 5.95. The Bertz CT molecular complexity index is 390. The van der Waals surface area contributed by atoms with Gasteiger partial charge in [-0.2, -0.15) is 13.2 Å². The van der Waals surface area contributed by atoms with Crippen molar-refractivity contribution in [3.63, 3.8) is 0 Å². The second-order valence-electron chi connectivity index (χ2n) is 4.46. The lowest BCUT2D eigenvalue weighted by atomic mass is 10.1. The highest BCUT2D eigenvalue weighted by Gasteiger charge is 2.33. The van der Waals surface area contributed by atoms with E-state index in [2.05, 4.69) is 12.2 Å². The van der Waals surface area contributed by atoms with Crippen LogP contribution in [0, 0.1) is 5.92 Å².